The van der Waals surface area contributed by atoms with Crippen LogP contribution in [0, 0.1) is 6.92 Å². The lowest BCUT2D eigenvalue weighted by molar-refractivity contribution is 0.849. The summed E-state index contributed by atoms with van der Waals surface area (Å²) in [6.45, 7) is 2.07. The van der Waals surface area contributed by atoms with E-state index in [1.165, 1.54) is 27.6 Å². The van der Waals surface area contributed by atoms with Crippen molar-refractivity contribution >= 4 is 35.0 Å². The number of halogens is 2. The molecule has 0 fully saturated rings. The summed E-state index contributed by atoms with van der Waals surface area (Å²) in [6.07, 6.45) is 0. The number of hydrogen-bond donors (Lipinski definition) is 1. The number of rotatable bonds is 4. The molecule has 0 atom stereocenters. The van der Waals surface area contributed by atoms with Crippen LogP contribution >= 0.6 is 35.0 Å². The third-order valence-electron chi connectivity index (χ3n) is 3.33. The largest absolute Gasteiger partial charge is 0.335 e. The van der Waals surface area contributed by atoms with Crippen molar-refractivity contribution in [2.75, 3.05) is 5.84 Å². The molecule has 0 saturated carbocycles. The van der Waals surface area contributed by atoms with E-state index >= 15 is 0 Å². The Bertz CT molecular complexity index is 831. The van der Waals surface area contributed by atoms with E-state index in [1.807, 2.05) is 0 Å². The number of aromatic nitrogens is 3. The van der Waals surface area contributed by atoms with Crippen LogP contribution in [0.1, 0.15) is 11.1 Å². The fourth-order valence-electron chi connectivity index (χ4n) is 2.06. The van der Waals surface area contributed by atoms with E-state index in [0.717, 1.165) is 5.75 Å². The van der Waals surface area contributed by atoms with E-state index in [1.54, 1.807) is 18.2 Å². The Kier molecular flexibility index (Phi) is 4.80. The number of benzene rings is 2. The van der Waals surface area contributed by atoms with Gasteiger partial charge in [0.2, 0.25) is 5.16 Å². The maximum Gasteiger partial charge on any atom is 0.210 e. The molecule has 2 N–H and O–H groups in total. The highest BCUT2D eigenvalue weighted by Crippen LogP contribution is 2.30. The Morgan fingerprint density at radius 1 is 1.09 bits per heavy atom. The van der Waals surface area contributed by atoms with Crippen molar-refractivity contribution in [3.8, 4) is 11.4 Å². The lowest BCUT2D eigenvalue weighted by Crippen LogP contribution is -2.11. The van der Waals surface area contributed by atoms with Crippen LogP contribution in [-0.4, -0.2) is 14.9 Å². The van der Waals surface area contributed by atoms with Crippen LogP contribution in [0.15, 0.2) is 47.6 Å². The van der Waals surface area contributed by atoms with E-state index in [0.29, 0.717) is 26.6 Å². The summed E-state index contributed by atoms with van der Waals surface area (Å²) in [5.74, 6) is 7.39. The number of thioether (sulfide) groups is 1. The third-order valence-corrected chi connectivity index (χ3v) is 4.89. The fraction of sp³-hybridized carbons (Fsp3) is 0.125. The lowest BCUT2D eigenvalue weighted by Gasteiger charge is -2.06. The van der Waals surface area contributed by atoms with Crippen LogP contribution in [0.5, 0.6) is 0 Å². The van der Waals surface area contributed by atoms with Crippen molar-refractivity contribution < 1.29 is 0 Å². The number of nitrogens with zero attached hydrogens (tertiary/aromatic N) is 3. The summed E-state index contributed by atoms with van der Waals surface area (Å²) < 4.78 is 1.45. The van der Waals surface area contributed by atoms with Gasteiger partial charge >= 0.3 is 0 Å². The van der Waals surface area contributed by atoms with E-state index < -0.39 is 0 Å². The molecule has 0 spiro atoms. The molecule has 0 unspecified atom stereocenters. The van der Waals surface area contributed by atoms with Crippen molar-refractivity contribution in [3.63, 3.8) is 0 Å². The molecule has 0 saturated heterocycles. The minimum absolute atomic E-state index is 0.492. The van der Waals surface area contributed by atoms with Crippen molar-refractivity contribution in [1.29, 1.82) is 0 Å². The van der Waals surface area contributed by atoms with Crippen LogP contribution in [-0.2, 0) is 5.75 Å². The zero-order valence-electron chi connectivity index (χ0n) is 12.3. The van der Waals surface area contributed by atoms with Crippen molar-refractivity contribution in [2.24, 2.45) is 0 Å². The molecule has 0 aliphatic carbocycles. The van der Waals surface area contributed by atoms with Gasteiger partial charge < -0.3 is 5.84 Å². The van der Waals surface area contributed by atoms with E-state index in [-0.39, 0.29) is 0 Å². The maximum absolute atomic E-state index is 6.21. The van der Waals surface area contributed by atoms with Gasteiger partial charge in [0.15, 0.2) is 5.82 Å². The van der Waals surface area contributed by atoms with Gasteiger partial charge in [-0.3, -0.25) is 0 Å². The zero-order chi connectivity index (χ0) is 16.4. The molecular weight excluding hydrogens is 351 g/mol. The van der Waals surface area contributed by atoms with Gasteiger partial charge in [-0.2, -0.15) is 0 Å². The Morgan fingerprint density at radius 2 is 1.83 bits per heavy atom. The Hall–Kier alpha value is -1.69. The number of hydrogen-bond acceptors (Lipinski definition) is 4. The molecule has 0 bridgehead atoms. The summed E-state index contributed by atoms with van der Waals surface area (Å²) in [6, 6.07) is 13.5. The van der Waals surface area contributed by atoms with Gasteiger partial charge in [-0.1, -0.05) is 64.8 Å². The molecule has 1 aromatic heterocycles. The first-order chi connectivity index (χ1) is 11.0. The normalized spacial score (nSPS) is 10.9. The Balaban J connectivity index is 1.80. The first kappa shape index (κ1) is 16.2. The van der Waals surface area contributed by atoms with Gasteiger partial charge in [0.1, 0.15) is 0 Å². The molecule has 3 aromatic rings. The van der Waals surface area contributed by atoms with Gasteiger partial charge in [0, 0.05) is 16.3 Å². The first-order valence-electron chi connectivity index (χ1n) is 6.89. The van der Waals surface area contributed by atoms with E-state index in [9.17, 15) is 0 Å². The fourth-order valence-corrected chi connectivity index (χ4v) is 3.37. The quantitative estimate of drug-likeness (QED) is 0.544. The molecule has 2 aromatic carbocycles. The lowest BCUT2D eigenvalue weighted by atomic mass is 10.2. The van der Waals surface area contributed by atoms with Crippen molar-refractivity contribution in [2.45, 2.75) is 17.8 Å². The third kappa shape index (κ3) is 3.63. The minimum atomic E-state index is 0.492. The smallest absolute Gasteiger partial charge is 0.210 e. The highest BCUT2D eigenvalue weighted by atomic mass is 35.5. The van der Waals surface area contributed by atoms with Crippen molar-refractivity contribution in [1.82, 2.24) is 14.9 Å². The Labute approximate surface area is 148 Å². The second kappa shape index (κ2) is 6.83. The average molecular weight is 365 g/mol. The number of nitrogen functional groups attached to an aromatic ring is 1. The van der Waals surface area contributed by atoms with Gasteiger partial charge in [0.25, 0.3) is 0 Å². The molecule has 23 heavy (non-hydrogen) atoms. The van der Waals surface area contributed by atoms with Gasteiger partial charge in [0.05, 0.1) is 5.02 Å². The zero-order valence-corrected chi connectivity index (χ0v) is 14.7. The predicted molar refractivity (Wildman–Crippen MR) is 96.4 cm³/mol. The molecule has 118 valence electrons. The van der Waals surface area contributed by atoms with Gasteiger partial charge in [-0.15, -0.1) is 10.2 Å². The monoisotopic (exact) mass is 364 g/mol. The van der Waals surface area contributed by atoms with Crippen LogP contribution in [0.4, 0.5) is 0 Å². The van der Waals surface area contributed by atoms with Crippen LogP contribution in [0.2, 0.25) is 10.0 Å². The molecule has 4 nitrogen and oxygen atoms in total. The number of nitrogens with two attached hydrogens (primary N) is 1. The second-order valence-corrected chi connectivity index (χ2v) is 6.86. The SMILES string of the molecule is Cc1ccc(CSc2nnc(-c3ccc(Cl)cc3Cl)n2N)cc1. The van der Waals surface area contributed by atoms with Gasteiger partial charge in [-0.25, -0.2) is 4.68 Å². The molecule has 3 rings (SSSR count). The second-order valence-electron chi connectivity index (χ2n) is 5.07. The van der Waals surface area contributed by atoms with E-state index in [2.05, 4.69) is 41.4 Å². The van der Waals surface area contributed by atoms with Crippen LogP contribution in [0.3, 0.4) is 0 Å². The maximum atomic E-state index is 6.21. The highest BCUT2D eigenvalue weighted by molar-refractivity contribution is 7.98. The molecule has 7 heteroatoms. The number of aryl methyl sites for hydroxylation is 1. The molecule has 1 heterocycles. The molecule has 0 radical (unpaired) electrons. The minimum Gasteiger partial charge on any atom is -0.335 e. The molecule has 0 amide bonds. The standard InChI is InChI=1S/C16H14Cl2N4S/c1-10-2-4-11(5-3-10)9-23-16-21-20-15(22(16)19)13-7-6-12(17)8-14(13)18/h2-8H,9,19H2,1H3. The summed E-state index contributed by atoms with van der Waals surface area (Å²) in [4.78, 5) is 0. The summed E-state index contributed by atoms with van der Waals surface area (Å²) in [7, 11) is 0. The van der Waals surface area contributed by atoms with Crippen LogP contribution in [0.25, 0.3) is 11.4 Å². The molecular formula is C16H14Cl2N4S. The Morgan fingerprint density at radius 3 is 2.52 bits per heavy atom. The van der Waals surface area contributed by atoms with Crippen molar-refractivity contribution in [3.05, 3.63) is 63.6 Å². The highest BCUT2D eigenvalue weighted by Gasteiger charge is 2.15. The van der Waals surface area contributed by atoms with Crippen LogP contribution < -0.4 is 5.84 Å². The summed E-state index contributed by atoms with van der Waals surface area (Å²) in [5.41, 5.74) is 3.14. The first-order valence-corrected chi connectivity index (χ1v) is 8.63. The topological polar surface area (TPSA) is 56.7 Å². The average Bonchev–Trinajstić information content (AvgIpc) is 2.88. The summed E-state index contributed by atoms with van der Waals surface area (Å²) >= 11 is 13.6. The predicted octanol–water partition coefficient (Wildman–Crippen LogP) is 4.57. The van der Waals surface area contributed by atoms with E-state index in [4.69, 9.17) is 29.0 Å². The molecule has 0 aliphatic rings. The molecule has 0 aliphatic heterocycles. The van der Waals surface area contributed by atoms with Gasteiger partial charge in [-0.05, 0) is 30.7 Å². The summed E-state index contributed by atoms with van der Waals surface area (Å²) in [5, 5.41) is 9.98.